The third kappa shape index (κ3) is 5.04. The summed E-state index contributed by atoms with van der Waals surface area (Å²) in [5, 5.41) is 0. The summed E-state index contributed by atoms with van der Waals surface area (Å²) in [5.41, 5.74) is 12.0. The zero-order valence-electron chi connectivity index (χ0n) is 21.3. The Hall–Kier alpha value is -1.14. The van der Waals surface area contributed by atoms with Crippen LogP contribution in [-0.4, -0.2) is 0 Å². The molecule has 0 N–H and O–H groups in total. The molecule has 3 aromatic carbocycles. The van der Waals surface area contributed by atoms with Gasteiger partial charge in [-0.1, -0.05) is 0 Å². The van der Waals surface area contributed by atoms with E-state index in [0.717, 1.165) is 0 Å². The first-order valence-electron chi connectivity index (χ1n) is 12.3. The molecule has 0 bridgehead atoms. The van der Waals surface area contributed by atoms with Crippen molar-refractivity contribution in [2.24, 2.45) is 0 Å². The van der Waals surface area contributed by atoms with Crippen LogP contribution in [0.4, 0.5) is 0 Å². The summed E-state index contributed by atoms with van der Waals surface area (Å²) in [7, 11) is 13.7. The summed E-state index contributed by atoms with van der Waals surface area (Å²) >= 11 is -2.67. The normalized spacial score (nSPS) is 15.6. The Labute approximate surface area is 221 Å². The van der Waals surface area contributed by atoms with Crippen LogP contribution in [-0.2, 0) is 24.8 Å². The summed E-state index contributed by atoms with van der Waals surface area (Å²) in [5.74, 6) is 0.946. The summed E-state index contributed by atoms with van der Waals surface area (Å²) in [6.45, 7) is 16.1. The molecule has 0 heterocycles. The molecule has 3 heteroatoms. The zero-order chi connectivity index (χ0) is 24.8. The SMILES string of the molecule is CC(C)c1cc(-c2c(C(C)(C)C)ccc3c2C=C(c2ccccc2)[CH]3[Zr]([Cl])[Cl])cc(C(C)C)c1. The average Bonchev–Trinajstić information content (AvgIpc) is 3.18. The Morgan fingerprint density at radius 1 is 0.765 bits per heavy atom. The fraction of sp³-hybridized carbons (Fsp3) is 0.355. The fourth-order valence-electron chi connectivity index (χ4n) is 4.99. The molecule has 0 nitrogen and oxygen atoms in total. The summed E-state index contributed by atoms with van der Waals surface area (Å²) in [4.78, 5) is 0. The van der Waals surface area contributed by atoms with Gasteiger partial charge in [0.15, 0.2) is 0 Å². The van der Waals surface area contributed by atoms with Gasteiger partial charge in [-0.3, -0.25) is 0 Å². The first-order chi connectivity index (χ1) is 16.0. The van der Waals surface area contributed by atoms with Crippen molar-refractivity contribution in [2.75, 3.05) is 0 Å². The Morgan fingerprint density at radius 2 is 1.35 bits per heavy atom. The molecule has 0 fully saturated rings. The van der Waals surface area contributed by atoms with Crippen molar-refractivity contribution in [2.45, 2.75) is 69.3 Å². The van der Waals surface area contributed by atoms with Gasteiger partial charge >= 0.3 is 223 Å². The number of hydrogen-bond donors (Lipinski definition) is 0. The molecule has 0 saturated carbocycles. The second-order valence-corrected chi connectivity index (χ2v) is 19.9. The van der Waals surface area contributed by atoms with Crippen LogP contribution in [0.5, 0.6) is 0 Å². The van der Waals surface area contributed by atoms with Gasteiger partial charge in [-0.2, -0.15) is 0 Å². The maximum absolute atomic E-state index is 6.84. The molecule has 177 valence electrons. The topological polar surface area (TPSA) is 0 Å². The molecule has 1 atom stereocenters. The zero-order valence-corrected chi connectivity index (χ0v) is 25.3. The van der Waals surface area contributed by atoms with Crippen molar-refractivity contribution in [3.8, 4) is 11.1 Å². The maximum atomic E-state index is 6.84. The van der Waals surface area contributed by atoms with E-state index in [9.17, 15) is 0 Å². The summed E-state index contributed by atoms with van der Waals surface area (Å²) < 4.78 is 0.147. The molecule has 0 aliphatic heterocycles. The van der Waals surface area contributed by atoms with Gasteiger partial charge < -0.3 is 0 Å². The van der Waals surface area contributed by atoms with Gasteiger partial charge in [0.1, 0.15) is 0 Å². The molecule has 1 aliphatic carbocycles. The number of halogens is 2. The van der Waals surface area contributed by atoms with E-state index in [4.69, 9.17) is 17.0 Å². The van der Waals surface area contributed by atoms with E-state index in [-0.39, 0.29) is 9.04 Å². The Morgan fingerprint density at radius 3 is 1.85 bits per heavy atom. The second kappa shape index (κ2) is 10.1. The molecule has 0 spiro atoms. The number of benzene rings is 3. The van der Waals surface area contributed by atoms with Crippen molar-refractivity contribution < 1.29 is 19.4 Å². The Bertz CT molecular complexity index is 1190. The predicted octanol–water partition coefficient (Wildman–Crippen LogP) is 10.4. The third-order valence-electron chi connectivity index (χ3n) is 6.93. The predicted molar refractivity (Wildman–Crippen MR) is 148 cm³/mol. The van der Waals surface area contributed by atoms with E-state index >= 15 is 0 Å². The number of fused-ring (bicyclic) bond motifs is 1. The van der Waals surface area contributed by atoms with E-state index < -0.39 is 19.4 Å². The monoisotopic (exact) mass is 567 g/mol. The molecule has 0 aromatic heterocycles. The van der Waals surface area contributed by atoms with Crippen LogP contribution in [0.2, 0.25) is 0 Å². The van der Waals surface area contributed by atoms with Crippen molar-refractivity contribution in [1.82, 2.24) is 0 Å². The van der Waals surface area contributed by atoms with Crippen molar-refractivity contribution >= 4 is 28.7 Å². The van der Waals surface area contributed by atoms with Gasteiger partial charge in [0.05, 0.1) is 0 Å². The van der Waals surface area contributed by atoms with Crippen LogP contribution in [0.3, 0.4) is 0 Å². The van der Waals surface area contributed by atoms with E-state index in [1.54, 1.807) is 0 Å². The van der Waals surface area contributed by atoms with Gasteiger partial charge in [-0.25, -0.2) is 0 Å². The van der Waals surface area contributed by atoms with Gasteiger partial charge in [0, 0.05) is 0 Å². The molecule has 34 heavy (non-hydrogen) atoms. The van der Waals surface area contributed by atoms with E-state index in [2.05, 4.69) is 115 Å². The van der Waals surface area contributed by atoms with Crippen LogP contribution in [0, 0.1) is 0 Å². The fourth-order valence-corrected chi connectivity index (χ4v) is 10.2. The van der Waals surface area contributed by atoms with Gasteiger partial charge in [-0.05, 0) is 0 Å². The van der Waals surface area contributed by atoms with Crippen LogP contribution < -0.4 is 0 Å². The number of rotatable bonds is 5. The molecule has 1 unspecified atom stereocenters. The molecule has 4 rings (SSSR count). The van der Waals surface area contributed by atoms with Crippen LogP contribution in [0.25, 0.3) is 22.8 Å². The average molecular weight is 570 g/mol. The van der Waals surface area contributed by atoms with Crippen molar-refractivity contribution in [3.05, 3.63) is 94.0 Å². The van der Waals surface area contributed by atoms with Gasteiger partial charge in [0.25, 0.3) is 0 Å². The van der Waals surface area contributed by atoms with Gasteiger partial charge in [-0.15, -0.1) is 0 Å². The van der Waals surface area contributed by atoms with Crippen LogP contribution >= 0.6 is 17.0 Å². The molecule has 3 aromatic rings. The number of allylic oxidation sites excluding steroid dienone is 1. The van der Waals surface area contributed by atoms with Crippen LogP contribution in [0.15, 0.2) is 60.7 Å². The molecular formula is C31H35Cl2Zr. The molecule has 0 amide bonds. The second-order valence-electron chi connectivity index (χ2n) is 11.1. The minimum absolute atomic E-state index is 0.0124. The summed E-state index contributed by atoms with van der Waals surface area (Å²) in [6, 6.07) is 22.5. The van der Waals surface area contributed by atoms with Gasteiger partial charge in [0.2, 0.25) is 0 Å². The standard InChI is InChI=1S/C31H35.2ClH.Zr/c1-20(2)24-16-25(21(3)4)18-27(17-24)30-28-19-26(22-11-9-8-10-12-22)15-23(28)13-14-29(30)31(5,6)7;;;/h8-21H,1-7H3;2*1H;/q;;;+2/p-2. The Balaban J connectivity index is 2.06. The Kier molecular flexibility index (Phi) is 7.69. The van der Waals surface area contributed by atoms with Crippen LogP contribution in [0.1, 0.15) is 97.3 Å². The third-order valence-corrected chi connectivity index (χ3v) is 12.1. The minimum atomic E-state index is -2.67. The first kappa shape index (κ1) is 25.9. The first-order valence-corrected chi connectivity index (χ1v) is 20.0. The molecular weight excluding hydrogens is 534 g/mol. The molecule has 0 saturated heterocycles. The quantitative estimate of drug-likeness (QED) is 0.287. The molecule has 0 radical (unpaired) electrons. The molecule has 1 aliphatic rings. The van der Waals surface area contributed by atoms with E-state index in [1.807, 2.05) is 0 Å². The van der Waals surface area contributed by atoms with Crippen molar-refractivity contribution in [1.29, 1.82) is 0 Å². The van der Waals surface area contributed by atoms with E-state index in [0.29, 0.717) is 11.8 Å². The van der Waals surface area contributed by atoms with Crippen molar-refractivity contribution in [3.63, 3.8) is 0 Å². The summed E-state index contributed by atoms with van der Waals surface area (Å²) in [6.07, 6.45) is 2.39. The van der Waals surface area contributed by atoms with E-state index in [1.165, 1.54) is 50.1 Å². The number of hydrogen-bond acceptors (Lipinski definition) is 0.